The number of alkyl halides is 3. The molecule has 0 aliphatic heterocycles. The van der Waals surface area contributed by atoms with Gasteiger partial charge >= 0.3 is 18.1 Å². The number of hydrogen-bond acceptors (Lipinski definition) is 6. The minimum absolute atomic E-state index is 0.00817. The van der Waals surface area contributed by atoms with Gasteiger partial charge in [0.15, 0.2) is 5.75 Å². The monoisotopic (exact) mass is 487 g/mol. The molecule has 0 saturated carbocycles. The molecule has 2 aromatic carbocycles. The van der Waals surface area contributed by atoms with E-state index in [4.69, 9.17) is 21.1 Å². The zero-order valence-electron chi connectivity index (χ0n) is 18.6. The first-order chi connectivity index (χ1) is 15.2. The van der Waals surface area contributed by atoms with Crippen molar-refractivity contribution in [2.45, 2.75) is 58.9 Å². The van der Waals surface area contributed by atoms with Crippen molar-refractivity contribution in [3.63, 3.8) is 0 Å². The molecule has 2 N–H and O–H groups in total. The molecule has 0 amide bonds. The van der Waals surface area contributed by atoms with Crippen molar-refractivity contribution in [3.8, 4) is 11.5 Å². The Morgan fingerprint density at radius 2 is 1.79 bits per heavy atom. The lowest BCUT2D eigenvalue weighted by Gasteiger charge is -2.20. The van der Waals surface area contributed by atoms with Crippen LogP contribution in [0.4, 0.5) is 18.9 Å². The predicted molar refractivity (Wildman–Crippen MR) is 118 cm³/mol. The summed E-state index contributed by atoms with van der Waals surface area (Å²) in [7, 11) is 0. The van der Waals surface area contributed by atoms with Crippen LogP contribution in [-0.4, -0.2) is 22.6 Å². The summed E-state index contributed by atoms with van der Waals surface area (Å²) in [5.41, 5.74) is -1.61. The fourth-order valence-corrected chi connectivity index (χ4v) is 3.05. The lowest BCUT2D eigenvalue weighted by molar-refractivity contribution is -0.137. The number of phenolic OH excluding ortho intramolecular Hbond substituents is 1. The Morgan fingerprint density at radius 1 is 1.12 bits per heavy atom. The molecule has 2 aromatic rings. The summed E-state index contributed by atoms with van der Waals surface area (Å²) in [6.45, 7) is 6.55. The smallest absolute Gasteiger partial charge is 0.416 e. The molecule has 0 aliphatic carbocycles. The first-order valence-corrected chi connectivity index (χ1v) is 10.5. The van der Waals surface area contributed by atoms with E-state index in [0.717, 1.165) is 6.07 Å². The maximum Gasteiger partial charge on any atom is 0.416 e. The van der Waals surface area contributed by atoms with Crippen LogP contribution in [0.3, 0.4) is 0 Å². The number of rotatable bonds is 7. The maximum atomic E-state index is 13.3. The average molecular weight is 488 g/mol. The van der Waals surface area contributed by atoms with Gasteiger partial charge in [-0.15, -0.1) is 0 Å². The fourth-order valence-electron chi connectivity index (χ4n) is 2.77. The Kier molecular flexibility index (Phi) is 8.24. The minimum Gasteiger partial charge on any atom is -0.507 e. The van der Waals surface area contributed by atoms with Crippen LogP contribution in [0.25, 0.3) is 0 Å². The number of ether oxygens (including phenoxy) is 2. The fraction of sp³-hybridized carbons (Fsp3) is 0.391. The molecule has 0 fully saturated rings. The molecule has 0 saturated heterocycles. The summed E-state index contributed by atoms with van der Waals surface area (Å²) < 4.78 is 50.3. The van der Waals surface area contributed by atoms with Gasteiger partial charge in [-0.1, -0.05) is 18.5 Å². The molecule has 10 heteroatoms. The molecule has 0 aliphatic rings. The molecular weight excluding hydrogens is 463 g/mol. The van der Waals surface area contributed by atoms with Crippen molar-refractivity contribution < 1.29 is 37.3 Å². The van der Waals surface area contributed by atoms with Gasteiger partial charge in [0.1, 0.15) is 16.9 Å². The van der Waals surface area contributed by atoms with E-state index in [9.17, 15) is 27.9 Å². The van der Waals surface area contributed by atoms with Crippen molar-refractivity contribution in [1.82, 2.24) is 0 Å². The average Bonchev–Trinajstić information content (AvgIpc) is 2.67. The van der Waals surface area contributed by atoms with Crippen molar-refractivity contribution in [2.24, 2.45) is 0 Å². The van der Waals surface area contributed by atoms with Crippen LogP contribution < -0.4 is 10.1 Å². The Labute approximate surface area is 194 Å². The number of benzene rings is 2. The number of carbonyl (C=O) groups is 2. The van der Waals surface area contributed by atoms with Crippen LogP contribution in [0, 0.1) is 0 Å². The van der Waals surface area contributed by atoms with Crippen molar-refractivity contribution in [2.75, 3.05) is 5.32 Å². The number of aromatic hydroxyl groups is 1. The molecule has 2 rings (SSSR count). The second kappa shape index (κ2) is 10.3. The number of phenols is 1. The highest BCUT2D eigenvalue weighted by molar-refractivity contribution is 6.32. The molecule has 0 radical (unpaired) electrons. The Hall–Kier alpha value is -2.94. The number of carbonyl (C=O) groups excluding carboxylic acids is 2. The van der Waals surface area contributed by atoms with Crippen LogP contribution in [0.5, 0.6) is 11.5 Å². The highest BCUT2D eigenvalue weighted by Crippen LogP contribution is 2.38. The third kappa shape index (κ3) is 7.56. The second-order valence-electron chi connectivity index (χ2n) is 8.26. The van der Waals surface area contributed by atoms with Gasteiger partial charge in [0.25, 0.3) is 0 Å². The van der Waals surface area contributed by atoms with Gasteiger partial charge in [0.2, 0.25) is 0 Å². The van der Waals surface area contributed by atoms with Crippen LogP contribution >= 0.6 is 11.6 Å². The number of halogens is 4. The summed E-state index contributed by atoms with van der Waals surface area (Å²) in [5, 5.41) is 12.5. The van der Waals surface area contributed by atoms with Crippen molar-refractivity contribution in [3.05, 3.63) is 52.0 Å². The van der Waals surface area contributed by atoms with Gasteiger partial charge in [-0.05, 0) is 57.5 Å². The molecule has 0 atom stereocenters. The molecule has 0 spiro atoms. The molecule has 0 unspecified atom stereocenters. The first kappa shape index (κ1) is 26.3. The SMILES string of the molecule is CCCC(=O)Oc1c(Cl)cc(C(F)(F)F)cc1CNc1ccc(O)c(C(=O)OC(C)(C)C)c1. The van der Waals surface area contributed by atoms with Gasteiger partial charge in [-0.3, -0.25) is 4.79 Å². The van der Waals surface area contributed by atoms with E-state index in [-0.39, 0.29) is 40.6 Å². The highest BCUT2D eigenvalue weighted by atomic mass is 35.5. The molecule has 180 valence electrons. The van der Waals surface area contributed by atoms with E-state index < -0.39 is 29.3 Å². The van der Waals surface area contributed by atoms with Crippen LogP contribution in [0.15, 0.2) is 30.3 Å². The normalized spacial score (nSPS) is 11.8. The number of anilines is 1. The second-order valence-corrected chi connectivity index (χ2v) is 8.66. The molecule has 33 heavy (non-hydrogen) atoms. The molecule has 0 bridgehead atoms. The van der Waals surface area contributed by atoms with E-state index in [1.165, 1.54) is 18.2 Å². The topological polar surface area (TPSA) is 84.9 Å². The number of esters is 2. The summed E-state index contributed by atoms with van der Waals surface area (Å²) in [6, 6.07) is 5.52. The van der Waals surface area contributed by atoms with E-state index in [1.807, 2.05) is 0 Å². The van der Waals surface area contributed by atoms with Gasteiger partial charge in [0.05, 0.1) is 10.6 Å². The van der Waals surface area contributed by atoms with Gasteiger partial charge in [-0.2, -0.15) is 13.2 Å². The largest absolute Gasteiger partial charge is 0.507 e. The van der Waals surface area contributed by atoms with Crippen molar-refractivity contribution >= 4 is 29.2 Å². The number of nitrogens with one attached hydrogen (secondary N) is 1. The first-order valence-electron chi connectivity index (χ1n) is 10.1. The highest BCUT2D eigenvalue weighted by Gasteiger charge is 2.32. The summed E-state index contributed by atoms with van der Waals surface area (Å²) in [6.07, 6.45) is -4.10. The lowest BCUT2D eigenvalue weighted by Crippen LogP contribution is -2.24. The summed E-state index contributed by atoms with van der Waals surface area (Å²) in [4.78, 5) is 24.3. The zero-order valence-corrected chi connectivity index (χ0v) is 19.4. The predicted octanol–water partition coefficient (Wildman–Crippen LogP) is 6.34. The van der Waals surface area contributed by atoms with E-state index in [0.29, 0.717) is 18.2 Å². The van der Waals surface area contributed by atoms with E-state index in [2.05, 4.69) is 5.32 Å². The van der Waals surface area contributed by atoms with E-state index >= 15 is 0 Å². The van der Waals surface area contributed by atoms with Gasteiger partial charge < -0.3 is 19.9 Å². The third-order valence-corrected chi connectivity index (χ3v) is 4.50. The van der Waals surface area contributed by atoms with Crippen molar-refractivity contribution in [1.29, 1.82) is 0 Å². The molecule has 0 aromatic heterocycles. The van der Waals surface area contributed by atoms with Gasteiger partial charge in [-0.25, -0.2) is 4.79 Å². The molecular formula is C23H25ClF3NO5. The maximum absolute atomic E-state index is 13.3. The zero-order chi connectivity index (χ0) is 25.0. The van der Waals surface area contributed by atoms with Crippen LogP contribution in [0.1, 0.15) is 62.0 Å². The minimum atomic E-state index is -4.66. The number of hydrogen-bond donors (Lipinski definition) is 2. The quantitative estimate of drug-likeness (QED) is 0.269. The third-order valence-electron chi connectivity index (χ3n) is 4.22. The molecule has 0 heterocycles. The molecule has 6 nitrogen and oxygen atoms in total. The standard InChI is InChI=1S/C23H25ClF3NO5/c1-5-6-19(30)32-20-13(9-14(10-17(20)24)23(25,26)27)12-28-15-7-8-18(29)16(11-15)21(31)33-22(2,3)4/h7-11,28-29H,5-6,12H2,1-4H3. The van der Waals surface area contributed by atoms with Crippen LogP contribution in [0.2, 0.25) is 5.02 Å². The summed E-state index contributed by atoms with van der Waals surface area (Å²) in [5.74, 6) is -1.88. The van der Waals surface area contributed by atoms with E-state index in [1.54, 1.807) is 27.7 Å². The summed E-state index contributed by atoms with van der Waals surface area (Å²) >= 11 is 6.02. The Morgan fingerprint density at radius 3 is 2.36 bits per heavy atom. The Bertz CT molecular complexity index is 1030. The Balaban J connectivity index is 2.36. The van der Waals surface area contributed by atoms with Gasteiger partial charge in [0, 0.05) is 24.2 Å². The lowest BCUT2D eigenvalue weighted by atomic mass is 10.1. The van der Waals surface area contributed by atoms with Crippen LogP contribution in [-0.2, 0) is 22.3 Å².